The highest BCUT2D eigenvalue weighted by Crippen LogP contribution is 1.90. The highest BCUT2D eigenvalue weighted by Gasteiger charge is 1.97. The molecule has 0 aromatic rings. The maximum Gasteiger partial charge on any atom is 0.320 e. The number of nitrogens with zero attached hydrogens (tertiary/aromatic N) is 1. The van der Waals surface area contributed by atoms with Gasteiger partial charge in [-0.25, -0.2) is 0 Å². The predicted molar refractivity (Wildman–Crippen MR) is 40.6 cm³/mol. The van der Waals surface area contributed by atoms with Crippen LogP contribution in [-0.2, 0) is 9.53 Å². The standard InChI is InChI=1S/C8H11NO2/c1-7(2)4-6-11-8(10)3-5-9/h4H,3,6H2,1-2H3. The summed E-state index contributed by atoms with van der Waals surface area (Å²) < 4.78 is 4.66. The second kappa shape index (κ2) is 5.48. The minimum absolute atomic E-state index is 0.170. The lowest BCUT2D eigenvalue weighted by Crippen LogP contribution is -2.02. The van der Waals surface area contributed by atoms with Gasteiger partial charge in [0, 0.05) is 0 Å². The van der Waals surface area contributed by atoms with E-state index in [2.05, 4.69) is 4.74 Å². The summed E-state index contributed by atoms with van der Waals surface area (Å²) in [6.45, 7) is 4.10. The topological polar surface area (TPSA) is 50.1 Å². The van der Waals surface area contributed by atoms with E-state index in [1.807, 2.05) is 13.8 Å². The maximum atomic E-state index is 10.6. The molecule has 0 amide bonds. The van der Waals surface area contributed by atoms with Crippen LogP contribution in [0.25, 0.3) is 0 Å². The van der Waals surface area contributed by atoms with Gasteiger partial charge in [-0.1, -0.05) is 5.57 Å². The number of carbonyl (C=O) groups excluding carboxylic acids is 1. The zero-order chi connectivity index (χ0) is 8.69. The van der Waals surface area contributed by atoms with Crippen LogP contribution in [-0.4, -0.2) is 12.6 Å². The molecule has 0 unspecified atom stereocenters. The molecule has 0 fully saturated rings. The Bertz CT molecular complexity index is 197. The second-order valence-electron chi connectivity index (χ2n) is 2.30. The van der Waals surface area contributed by atoms with Gasteiger partial charge in [-0.2, -0.15) is 5.26 Å². The highest BCUT2D eigenvalue weighted by atomic mass is 16.5. The Balaban J connectivity index is 3.49. The maximum absolute atomic E-state index is 10.6. The lowest BCUT2D eigenvalue weighted by Gasteiger charge is -1.96. The fourth-order valence-electron chi connectivity index (χ4n) is 0.417. The molecule has 0 aromatic heterocycles. The molecule has 60 valence electrons. The van der Waals surface area contributed by atoms with E-state index < -0.39 is 5.97 Å². The van der Waals surface area contributed by atoms with Crippen molar-refractivity contribution in [2.24, 2.45) is 0 Å². The first-order valence-electron chi connectivity index (χ1n) is 3.32. The summed E-state index contributed by atoms with van der Waals surface area (Å²) >= 11 is 0. The molecule has 11 heavy (non-hydrogen) atoms. The van der Waals surface area contributed by atoms with Crippen molar-refractivity contribution in [2.75, 3.05) is 6.61 Å². The van der Waals surface area contributed by atoms with E-state index >= 15 is 0 Å². The molecule has 0 saturated carbocycles. The largest absolute Gasteiger partial charge is 0.461 e. The molecule has 0 aliphatic rings. The molecule has 0 radical (unpaired) electrons. The number of ether oxygens (including phenoxy) is 1. The molecule has 0 rings (SSSR count). The average molecular weight is 153 g/mol. The van der Waals surface area contributed by atoms with E-state index in [1.165, 1.54) is 0 Å². The molecule has 0 saturated heterocycles. The van der Waals surface area contributed by atoms with Crippen LogP contribution in [0.15, 0.2) is 11.6 Å². The number of allylic oxidation sites excluding steroid dienone is 1. The van der Waals surface area contributed by atoms with E-state index in [-0.39, 0.29) is 13.0 Å². The molecule has 3 heteroatoms. The summed E-state index contributed by atoms with van der Waals surface area (Å²) in [6, 6.07) is 1.71. The molecule has 0 bridgehead atoms. The minimum atomic E-state index is -0.468. The Morgan fingerprint density at radius 3 is 2.73 bits per heavy atom. The first-order chi connectivity index (χ1) is 5.16. The van der Waals surface area contributed by atoms with Crippen molar-refractivity contribution in [3.05, 3.63) is 11.6 Å². The van der Waals surface area contributed by atoms with Crippen molar-refractivity contribution in [2.45, 2.75) is 20.3 Å². The van der Waals surface area contributed by atoms with Crippen molar-refractivity contribution in [3.8, 4) is 6.07 Å². The molecular formula is C8H11NO2. The van der Waals surface area contributed by atoms with Gasteiger partial charge in [-0.15, -0.1) is 0 Å². The molecular weight excluding hydrogens is 142 g/mol. The van der Waals surface area contributed by atoms with Crippen LogP contribution < -0.4 is 0 Å². The lowest BCUT2D eigenvalue weighted by molar-refractivity contribution is -0.141. The van der Waals surface area contributed by atoms with Gasteiger partial charge in [0.25, 0.3) is 0 Å². The van der Waals surface area contributed by atoms with E-state index in [9.17, 15) is 4.79 Å². The predicted octanol–water partition coefficient (Wildman–Crippen LogP) is 1.41. The van der Waals surface area contributed by atoms with Crippen molar-refractivity contribution in [3.63, 3.8) is 0 Å². The van der Waals surface area contributed by atoms with Crippen LogP contribution in [0, 0.1) is 11.3 Å². The van der Waals surface area contributed by atoms with Gasteiger partial charge in [-0.3, -0.25) is 4.79 Å². The number of carbonyl (C=O) groups is 1. The van der Waals surface area contributed by atoms with Crippen molar-refractivity contribution < 1.29 is 9.53 Å². The zero-order valence-corrected chi connectivity index (χ0v) is 6.76. The van der Waals surface area contributed by atoms with Crippen molar-refractivity contribution in [1.82, 2.24) is 0 Å². The number of nitriles is 1. The van der Waals surface area contributed by atoms with E-state index in [1.54, 1.807) is 12.1 Å². The third kappa shape index (κ3) is 6.59. The normalized spacial score (nSPS) is 8.09. The number of esters is 1. The molecule has 3 nitrogen and oxygen atoms in total. The fraction of sp³-hybridized carbons (Fsp3) is 0.500. The SMILES string of the molecule is CC(C)=CCOC(=O)CC#N. The Morgan fingerprint density at radius 2 is 2.27 bits per heavy atom. The Morgan fingerprint density at radius 1 is 1.64 bits per heavy atom. The van der Waals surface area contributed by atoms with Crippen LogP contribution in [0.4, 0.5) is 0 Å². The first-order valence-corrected chi connectivity index (χ1v) is 3.32. The van der Waals surface area contributed by atoms with Gasteiger partial charge >= 0.3 is 5.97 Å². The van der Waals surface area contributed by atoms with Crippen molar-refractivity contribution in [1.29, 1.82) is 5.26 Å². The van der Waals surface area contributed by atoms with Crippen LogP contribution in [0.1, 0.15) is 20.3 Å². The van der Waals surface area contributed by atoms with E-state index in [4.69, 9.17) is 5.26 Å². The third-order valence-corrected chi connectivity index (χ3v) is 0.959. The van der Waals surface area contributed by atoms with E-state index in [0.29, 0.717) is 0 Å². The van der Waals surface area contributed by atoms with Gasteiger partial charge in [0.1, 0.15) is 13.0 Å². The fourth-order valence-corrected chi connectivity index (χ4v) is 0.417. The highest BCUT2D eigenvalue weighted by molar-refractivity contribution is 5.71. The van der Waals surface area contributed by atoms with E-state index in [0.717, 1.165) is 5.57 Å². The van der Waals surface area contributed by atoms with Crippen LogP contribution in [0.3, 0.4) is 0 Å². The van der Waals surface area contributed by atoms with Crippen LogP contribution in [0.2, 0.25) is 0 Å². The summed E-state index contributed by atoms with van der Waals surface area (Å²) in [5, 5.41) is 8.08. The van der Waals surface area contributed by atoms with Gasteiger partial charge in [0.15, 0.2) is 0 Å². The summed E-state index contributed by atoms with van der Waals surface area (Å²) in [7, 11) is 0. The third-order valence-electron chi connectivity index (χ3n) is 0.959. The van der Waals surface area contributed by atoms with Crippen LogP contribution >= 0.6 is 0 Å². The number of hydrogen-bond donors (Lipinski definition) is 0. The molecule has 0 heterocycles. The number of hydrogen-bond acceptors (Lipinski definition) is 3. The minimum Gasteiger partial charge on any atom is -0.461 e. The van der Waals surface area contributed by atoms with Gasteiger partial charge in [0.2, 0.25) is 0 Å². The van der Waals surface area contributed by atoms with Gasteiger partial charge in [-0.05, 0) is 19.9 Å². The average Bonchev–Trinajstić information content (AvgIpc) is 1.87. The Hall–Kier alpha value is -1.30. The quantitative estimate of drug-likeness (QED) is 0.455. The zero-order valence-electron chi connectivity index (χ0n) is 6.76. The lowest BCUT2D eigenvalue weighted by atomic mass is 10.3. The first kappa shape index (κ1) is 9.70. The molecule has 0 N–H and O–H groups in total. The molecule has 0 atom stereocenters. The molecule has 0 aromatic carbocycles. The smallest absolute Gasteiger partial charge is 0.320 e. The molecule has 0 aliphatic heterocycles. The monoisotopic (exact) mass is 153 g/mol. The summed E-state index contributed by atoms with van der Waals surface area (Å²) in [5.74, 6) is -0.468. The molecule has 0 spiro atoms. The summed E-state index contributed by atoms with van der Waals surface area (Å²) in [6.07, 6.45) is 1.62. The van der Waals surface area contributed by atoms with Gasteiger partial charge < -0.3 is 4.74 Å². The van der Waals surface area contributed by atoms with Gasteiger partial charge in [0.05, 0.1) is 6.07 Å². The second-order valence-corrected chi connectivity index (χ2v) is 2.30. The Kier molecular flexibility index (Phi) is 4.83. The molecule has 0 aliphatic carbocycles. The summed E-state index contributed by atoms with van der Waals surface area (Å²) in [5.41, 5.74) is 1.09. The number of rotatable bonds is 3. The van der Waals surface area contributed by atoms with Crippen molar-refractivity contribution >= 4 is 5.97 Å². The Labute approximate surface area is 66.3 Å². The van der Waals surface area contributed by atoms with Crippen LogP contribution in [0.5, 0.6) is 0 Å². The summed E-state index contributed by atoms with van der Waals surface area (Å²) in [4.78, 5) is 10.6.